The van der Waals surface area contributed by atoms with E-state index in [4.69, 9.17) is 5.73 Å². The molecular weight excluding hydrogens is 178 g/mol. The highest BCUT2D eigenvalue weighted by Crippen LogP contribution is 2.26. The Morgan fingerprint density at radius 3 is 2.00 bits per heavy atom. The lowest BCUT2D eigenvalue weighted by Gasteiger charge is -2.17. The van der Waals surface area contributed by atoms with Crippen LogP contribution in [0, 0.1) is 13.8 Å². The Bertz CT molecular complexity index is 311. The van der Waals surface area contributed by atoms with Gasteiger partial charge in [0.2, 0.25) is 0 Å². The summed E-state index contributed by atoms with van der Waals surface area (Å²) in [6.45, 7) is 5.30. The number of aliphatic hydroxyl groups excluding tert-OH is 1. The molecule has 0 fully saturated rings. The number of nitrogens with two attached hydrogens (primary N) is 1. The van der Waals surface area contributed by atoms with E-state index in [1.807, 2.05) is 13.8 Å². The minimum atomic E-state index is -0.585. The second-order valence-electron chi connectivity index (χ2n) is 3.77. The van der Waals surface area contributed by atoms with Crippen LogP contribution in [0.1, 0.15) is 29.7 Å². The first-order chi connectivity index (χ1) is 6.43. The first-order valence-electron chi connectivity index (χ1n) is 4.67. The third-order valence-corrected chi connectivity index (χ3v) is 2.42. The summed E-state index contributed by atoms with van der Waals surface area (Å²) < 4.78 is 0. The third kappa shape index (κ3) is 2.05. The van der Waals surface area contributed by atoms with Crippen molar-refractivity contribution in [1.29, 1.82) is 0 Å². The van der Waals surface area contributed by atoms with Crippen LogP contribution in [0.15, 0.2) is 12.1 Å². The first kappa shape index (κ1) is 11.0. The molecule has 0 bridgehead atoms. The van der Waals surface area contributed by atoms with E-state index in [9.17, 15) is 10.2 Å². The van der Waals surface area contributed by atoms with Crippen LogP contribution >= 0.6 is 0 Å². The summed E-state index contributed by atoms with van der Waals surface area (Å²) in [7, 11) is 0. The predicted octanol–water partition coefficient (Wildman–Crippen LogP) is 1.39. The summed E-state index contributed by atoms with van der Waals surface area (Å²) in [4.78, 5) is 0. The van der Waals surface area contributed by atoms with Gasteiger partial charge < -0.3 is 15.9 Å². The molecule has 0 amide bonds. The SMILES string of the molecule is Cc1cc(C(N)C(C)O)cc(C)c1O. The van der Waals surface area contributed by atoms with E-state index in [0.29, 0.717) is 5.75 Å². The van der Waals surface area contributed by atoms with E-state index < -0.39 is 12.1 Å². The first-order valence-corrected chi connectivity index (χ1v) is 4.67. The number of aliphatic hydroxyl groups is 1. The van der Waals surface area contributed by atoms with Crippen molar-refractivity contribution in [1.82, 2.24) is 0 Å². The van der Waals surface area contributed by atoms with Crippen molar-refractivity contribution >= 4 is 0 Å². The van der Waals surface area contributed by atoms with Gasteiger partial charge in [0.15, 0.2) is 0 Å². The van der Waals surface area contributed by atoms with E-state index in [1.165, 1.54) is 0 Å². The van der Waals surface area contributed by atoms with Crippen molar-refractivity contribution in [2.45, 2.75) is 32.9 Å². The lowest BCUT2D eigenvalue weighted by atomic mass is 9.98. The van der Waals surface area contributed by atoms with Gasteiger partial charge in [-0.2, -0.15) is 0 Å². The molecule has 0 spiro atoms. The molecule has 1 aromatic carbocycles. The highest BCUT2D eigenvalue weighted by Gasteiger charge is 2.14. The van der Waals surface area contributed by atoms with Gasteiger partial charge >= 0.3 is 0 Å². The van der Waals surface area contributed by atoms with Crippen molar-refractivity contribution in [2.24, 2.45) is 5.73 Å². The number of hydrogen-bond donors (Lipinski definition) is 3. The molecule has 1 aromatic rings. The topological polar surface area (TPSA) is 66.5 Å². The van der Waals surface area contributed by atoms with Gasteiger partial charge in [0.05, 0.1) is 12.1 Å². The van der Waals surface area contributed by atoms with Crippen LogP contribution in [-0.2, 0) is 0 Å². The molecule has 0 aliphatic heterocycles. The molecule has 0 heterocycles. The van der Waals surface area contributed by atoms with E-state index in [2.05, 4.69) is 0 Å². The number of benzene rings is 1. The Labute approximate surface area is 84.2 Å². The van der Waals surface area contributed by atoms with Crippen LogP contribution in [-0.4, -0.2) is 16.3 Å². The lowest BCUT2D eigenvalue weighted by molar-refractivity contribution is 0.164. The zero-order valence-corrected chi connectivity index (χ0v) is 8.78. The molecule has 14 heavy (non-hydrogen) atoms. The summed E-state index contributed by atoms with van der Waals surface area (Å²) >= 11 is 0. The van der Waals surface area contributed by atoms with Gasteiger partial charge in [0.25, 0.3) is 0 Å². The van der Waals surface area contributed by atoms with Crippen molar-refractivity contribution in [3.8, 4) is 5.75 Å². The standard InChI is InChI=1S/C11H17NO2/c1-6-4-9(10(12)8(3)13)5-7(2)11(6)14/h4-5,8,10,13-14H,12H2,1-3H3. The van der Waals surface area contributed by atoms with Crippen molar-refractivity contribution < 1.29 is 10.2 Å². The zero-order chi connectivity index (χ0) is 10.9. The molecule has 2 atom stereocenters. The predicted molar refractivity (Wildman–Crippen MR) is 56.2 cm³/mol. The summed E-state index contributed by atoms with van der Waals surface area (Å²) in [6, 6.07) is 3.22. The maximum absolute atomic E-state index is 9.55. The Kier molecular flexibility index (Phi) is 3.13. The van der Waals surface area contributed by atoms with Gasteiger partial charge in [-0.1, -0.05) is 12.1 Å². The van der Waals surface area contributed by atoms with Gasteiger partial charge in [0, 0.05) is 0 Å². The van der Waals surface area contributed by atoms with E-state index in [-0.39, 0.29) is 0 Å². The van der Waals surface area contributed by atoms with Gasteiger partial charge in [-0.15, -0.1) is 0 Å². The monoisotopic (exact) mass is 195 g/mol. The molecule has 3 nitrogen and oxygen atoms in total. The average Bonchev–Trinajstić information content (AvgIpc) is 2.12. The van der Waals surface area contributed by atoms with Crippen LogP contribution < -0.4 is 5.73 Å². The molecule has 78 valence electrons. The number of aromatic hydroxyl groups is 1. The fraction of sp³-hybridized carbons (Fsp3) is 0.455. The van der Waals surface area contributed by atoms with E-state index in [1.54, 1.807) is 19.1 Å². The Balaban J connectivity index is 3.12. The molecule has 0 aliphatic carbocycles. The van der Waals surface area contributed by atoms with Gasteiger partial charge in [-0.25, -0.2) is 0 Å². The maximum atomic E-state index is 9.55. The van der Waals surface area contributed by atoms with Crippen LogP contribution in [0.5, 0.6) is 5.75 Å². The van der Waals surface area contributed by atoms with E-state index in [0.717, 1.165) is 16.7 Å². The Morgan fingerprint density at radius 2 is 1.64 bits per heavy atom. The quantitative estimate of drug-likeness (QED) is 0.668. The summed E-state index contributed by atoms with van der Waals surface area (Å²) in [6.07, 6.45) is -0.585. The van der Waals surface area contributed by atoms with Crippen molar-refractivity contribution in [3.63, 3.8) is 0 Å². The Morgan fingerprint density at radius 1 is 1.21 bits per heavy atom. The third-order valence-electron chi connectivity index (χ3n) is 2.42. The number of aryl methyl sites for hydroxylation is 2. The number of phenols is 1. The molecular formula is C11H17NO2. The molecule has 1 rings (SSSR count). The minimum absolute atomic E-state index is 0.298. The zero-order valence-electron chi connectivity index (χ0n) is 8.78. The van der Waals surface area contributed by atoms with E-state index >= 15 is 0 Å². The van der Waals surface area contributed by atoms with Gasteiger partial charge in [-0.05, 0) is 37.5 Å². The van der Waals surface area contributed by atoms with Crippen molar-refractivity contribution in [3.05, 3.63) is 28.8 Å². The fourth-order valence-corrected chi connectivity index (χ4v) is 1.46. The van der Waals surface area contributed by atoms with Crippen LogP contribution in [0.2, 0.25) is 0 Å². The smallest absolute Gasteiger partial charge is 0.121 e. The highest BCUT2D eigenvalue weighted by atomic mass is 16.3. The van der Waals surface area contributed by atoms with Gasteiger partial charge in [-0.3, -0.25) is 0 Å². The summed E-state index contributed by atoms with van der Waals surface area (Å²) in [5.41, 5.74) is 8.22. The van der Waals surface area contributed by atoms with Crippen LogP contribution in [0.3, 0.4) is 0 Å². The molecule has 0 aromatic heterocycles. The average molecular weight is 195 g/mol. The second kappa shape index (κ2) is 3.98. The molecule has 4 N–H and O–H groups in total. The summed E-state index contributed by atoms with van der Waals surface area (Å²) in [5.74, 6) is 0.298. The number of hydrogen-bond acceptors (Lipinski definition) is 3. The molecule has 0 radical (unpaired) electrons. The molecule has 0 saturated carbocycles. The van der Waals surface area contributed by atoms with Gasteiger partial charge in [0.1, 0.15) is 5.75 Å². The Hall–Kier alpha value is -1.06. The lowest BCUT2D eigenvalue weighted by Crippen LogP contribution is -2.23. The second-order valence-corrected chi connectivity index (χ2v) is 3.77. The molecule has 3 heteroatoms. The minimum Gasteiger partial charge on any atom is -0.507 e. The molecule has 0 aliphatic rings. The maximum Gasteiger partial charge on any atom is 0.121 e. The number of phenolic OH excluding ortho intramolecular Hbond substituents is 1. The normalized spacial score (nSPS) is 15.2. The largest absolute Gasteiger partial charge is 0.507 e. The van der Waals surface area contributed by atoms with Crippen LogP contribution in [0.25, 0.3) is 0 Å². The summed E-state index contributed by atoms with van der Waals surface area (Å²) in [5, 5.41) is 18.9. The highest BCUT2D eigenvalue weighted by molar-refractivity contribution is 5.43. The van der Waals surface area contributed by atoms with Crippen molar-refractivity contribution in [2.75, 3.05) is 0 Å². The molecule has 0 saturated heterocycles. The molecule has 2 unspecified atom stereocenters. The van der Waals surface area contributed by atoms with Crippen LogP contribution in [0.4, 0.5) is 0 Å². The fourth-order valence-electron chi connectivity index (χ4n) is 1.46. The number of rotatable bonds is 2.